The van der Waals surface area contributed by atoms with E-state index in [1.54, 1.807) is 30.3 Å². The van der Waals surface area contributed by atoms with Gasteiger partial charge >= 0.3 is 12.1 Å². The van der Waals surface area contributed by atoms with Gasteiger partial charge in [-0.2, -0.15) is 0 Å². The smallest absolute Gasteiger partial charge is 0.408 e. The van der Waals surface area contributed by atoms with Crippen LogP contribution in [0.5, 0.6) is 0 Å². The lowest BCUT2D eigenvalue weighted by atomic mass is 10.2. The van der Waals surface area contributed by atoms with Crippen LogP contribution in [0.4, 0.5) is 10.5 Å². The minimum absolute atomic E-state index is 0.0102. The fourth-order valence-corrected chi connectivity index (χ4v) is 3.02. The monoisotopic (exact) mass is 376 g/mol. The van der Waals surface area contributed by atoms with Gasteiger partial charge in [-0.1, -0.05) is 42.5 Å². The van der Waals surface area contributed by atoms with E-state index in [-0.39, 0.29) is 18.0 Å². The number of carboxylic acids is 1. The zero-order valence-electron chi connectivity index (χ0n) is 13.5. The molecule has 0 aliphatic heterocycles. The maximum Gasteiger partial charge on any atom is 0.408 e. The van der Waals surface area contributed by atoms with Gasteiger partial charge in [0.2, 0.25) is 0 Å². The average Bonchev–Trinajstić information content (AvgIpc) is 2.64. The molecule has 1 amide bonds. The molecular weight excluding hydrogens is 360 g/mol. The van der Waals surface area contributed by atoms with Crippen molar-refractivity contribution in [1.29, 1.82) is 0 Å². The van der Waals surface area contributed by atoms with Crippen molar-refractivity contribution >= 4 is 29.5 Å². The van der Waals surface area contributed by atoms with Crippen LogP contribution in [0.1, 0.15) is 5.56 Å². The summed E-state index contributed by atoms with van der Waals surface area (Å²) in [5.74, 6) is -1.34. The van der Waals surface area contributed by atoms with Crippen molar-refractivity contribution in [3.8, 4) is 0 Å². The number of carbonyl (C=O) groups is 2. The maximum atomic E-state index is 11.8. The van der Waals surface area contributed by atoms with Crippen molar-refractivity contribution in [1.82, 2.24) is 5.32 Å². The highest BCUT2D eigenvalue weighted by Crippen LogP contribution is 2.29. The Morgan fingerprint density at radius 3 is 2.46 bits per heavy atom. The second-order valence-corrected chi connectivity index (χ2v) is 6.19. The summed E-state index contributed by atoms with van der Waals surface area (Å²) >= 11 is 0.975. The summed E-state index contributed by atoms with van der Waals surface area (Å²) in [6, 6.07) is 13.7. The molecular formula is C17H16N2O6S. The lowest BCUT2D eigenvalue weighted by Crippen LogP contribution is -2.42. The SMILES string of the molecule is O=C(N[C@@H](CSc1ccccc1[N+](=O)[O-])C(=O)O)OCc1ccccc1. The molecule has 0 aliphatic rings. The molecule has 0 saturated carbocycles. The van der Waals surface area contributed by atoms with Crippen molar-refractivity contribution in [2.75, 3.05) is 5.75 Å². The maximum absolute atomic E-state index is 11.8. The van der Waals surface area contributed by atoms with Gasteiger partial charge in [-0.05, 0) is 11.6 Å². The van der Waals surface area contributed by atoms with Crippen LogP contribution in [-0.4, -0.2) is 33.9 Å². The number of rotatable bonds is 8. The minimum atomic E-state index is -1.26. The van der Waals surface area contributed by atoms with Crippen molar-refractivity contribution in [2.45, 2.75) is 17.5 Å². The first-order valence-electron chi connectivity index (χ1n) is 7.53. The molecule has 0 heterocycles. The standard InChI is InChI=1S/C17H16N2O6S/c20-16(21)13(11-26-15-9-5-4-8-14(15)19(23)24)18-17(22)25-10-12-6-2-1-3-7-12/h1-9,13H,10-11H2,(H,18,22)(H,20,21)/t13-/m0/s1. The molecule has 0 saturated heterocycles. The average molecular weight is 376 g/mol. The molecule has 8 nitrogen and oxygen atoms in total. The number of hydrogen-bond acceptors (Lipinski definition) is 6. The molecule has 136 valence electrons. The normalized spacial score (nSPS) is 11.4. The van der Waals surface area contributed by atoms with Crippen LogP contribution in [0.3, 0.4) is 0 Å². The summed E-state index contributed by atoms with van der Waals surface area (Å²) in [6.45, 7) is 0.0102. The number of benzene rings is 2. The number of ether oxygens (including phenoxy) is 1. The number of para-hydroxylation sites is 1. The predicted octanol–water partition coefficient (Wildman–Crippen LogP) is 3.07. The van der Waals surface area contributed by atoms with E-state index in [9.17, 15) is 24.8 Å². The number of amides is 1. The fraction of sp³-hybridized carbons (Fsp3) is 0.176. The molecule has 2 rings (SSSR count). The highest BCUT2D eigenvalue weighted by atomic mass is 32.2. The first-order chi connectivity index (χ1) is 12.5. The Morgan fingerprint density at radius 2 is 1.81 bits per heavy atom. The Kier molecular flexibility index (Phi) is 6.98. The van der Waals surface area contributed by atoms with E-state index in [1.165, 1.54) is 18.2 Å². The van der Waals surface area contributed by atoms with Crippen LogP contribution < -0.4 is 5.32 Å². The number of nitro groups is 1. The zero-order chi connectivity index (χ0) is 18.9. The second kappa shape index (κ2) is 9.42. The second-order valence-electron chi connectivity index (χ2n) is 5.13. The molecule has 9 heteroatoms. The van der Waals surface area contributed by atoms with Crippen molar-refractivity contribution in [2.24, 2.45) is 0 Å². The van der Waals surface area contributed by atoms with Gasteiger partial charge in [-0.3, -0.25) is 10.1 Å². The number of carbonyl (C=O) groups excluding carboxylic acids is 1. The van der Waals surface area contributed by atoms with E-state index >= 15 is 0 Å². The summed E-state index contributed by atoms with van der Waals surface area (Å²) in [5, 5.41) is 22.5. The lowest BCUT2D eigenvalue weighted by Gasteiger charge is -2.14. The highest BCUT2D eigenvalue weighted by molar-refractivity contribution is 7.99. The molecule has 2 aromatic rings. The molecule has 0 bridgehead atoms. The van der Waals surface area contributed by atoms with E-state index in [2.05, 4.69) is 5.32 Å². The molecule has 1 atom stereocenters. The van der Waals surface area contributed by atoms with E-state index in [4.69, 9.17) is 4.74 Å². The van der Waals surface area contributed by atoms with Gasteiger partial charge in [-0.15, -0.1) is 11.8 Å². The Balaban J connectivity index is 1.91. The van der Waals surface area contributed by atoms with Crippen LogP contribution in [-0.2, 0) is 16.1 Å². The lowest BCUT2D eigenvalue weighted by molar-refractivity contribution is -0.387. The van der Waals surface area contributed by atoms with Gasteiger partial charge in [0.1, 0.15) is 12.6 Å². The van der Waals surface area contributed by atoms with E-state index in [1.807, 2.05) is 6.07 Å². The van der Waals surface area contributed by atoms with Gasteiger partial charge in [-0.25, -0.2) is 9.59 Å². The van der Waals surface area contributed by atoms with Crippen LogP contribution in [0, 0.1) is 10.1 Å². The third-order valence-corrected chi connectivity index (χ3v) is 4.43. The van der Waals surface area contributed by atoms with Gasteiger partial charge < -0.3 is 15.2 Å². The highest BCUT2D eigenvalue weighted by Gasteiger charge is 2.23. The van der Waals surface area contributed by atoms with Crippen molar-refractivity contribution < 1.29 is 24.4 Å². The van der Waals surface area contributed by atoms with Crippen molar-refractivity contribution in [3.63, 3.8) is 0 Å². The first-order valence-corrected chi connectivity index (χ1v) is 8.52. The third-order valence-electron chi connectivity index (χ3n) is 3.27. The summed E-state index contributed by atoms with van der Waals surface area (Å²) in [6.07, 6.45) is -0.871. The molecule has 2 aromatic carbocycles. The number of carboxylic acid groups (broad SMARTS) is 1. The van der Waals surface area contributed by atoms with E-state index in [0.29, 0.717) is 4.90 Å². The molecule has 0 spiro atoms. The number of aliphatic carboxylic acids is 1. The Hall–Kier alpha value is -3.07. The van der Waals surface area contributed by atoms with Gasteiger partial charge in [0.25, 0.3) is 5.69 Å². The van der Waals surface area contributed by atoms with E-state index < -0.39 is 23.0 Å². The molecule has 2 N–H and O–H groups in total. The Morgan fingerprint density at radius 1 is 1.15 bits per heavy atom. The summed E-state index contributed by atoms with van der Waals surface area (Å²) in [4.78, 5) is 33.9. The minimum Gasteiger partial charge on any atom is -0.480 e. The van der Waals surface area contributed by atoms with Crippen LogP contribution >= 0.6 is 11.8 Å². The van der Waals surface area contributed by atoms with Gasteiger partial charge in [0.15, 0.2) is 0 Å². The summed E-state index contributed by atoms with van der Waals surface area (Å²) in [5.41, 5.74) is 0.650. The molecule has 26 heavy (non-hydrogen) atoms. The number of nitrogens with zero attached hydrogens (tertiary/aromatic N) is 1. The van der Waals surface area contributed by atoms with Crippen LogP contribution in [0.2, 0.25) is 0 Å². The molecule has 0 radical (unpaired) electrons. The topological polar surface area (TPSA) is 119 Å². The van der Waals surface area contributed by atoms with Gasteiger partial charge in [0.05, 0.1) is 9.82 Å². The molecule has 0 aromatic heterocycles. The number of alkyl carbamates (subject to hydrolysis) is 1. The Labute approximate surface area is 153 Å². The Bertz CT molecular complexity index is 784. The summed E-state index contributed by atoms with van der Waals surface area (Å²) in [7, 11) is 0. The molecule has 0 fully saturated rings. The summed E-state index contributed by atoms with van der Waals surface area (Å²) < 4.78 is 4.99. The predicted molar refractivity (Wildman–Crippen MR) is 95.0 cm³/mol. The number of nitrogens with one attached hydrogen (secondary N) is 1. The zero-order valence-corrected chi connectivity index (χ0v) is 14.3. The largest absolute Gasteiger partial charge is 0.480 e. The number of thioether (sulfide) groups is 1. The van der Waals surface area contributed by atoms with Crippen LogP contribution in [0.15, 0.2) is 59.5 Å². The first kappa shape index (κ1) is 19.3. The van der Waals surface area contributed by atoms with E-state index in [0.717, 1.165) is 17.3 Å². The van der Waals surface area contributed by atoms with Crippen molar-refractivity contribution in [3.05, 3.63) is 70.3 Å². The third kappa shape index (κ3) is 5.78. The number of nitro benzene ring substituents is 1. The van der Waals surface area contributed by atoms with Crippen LogP contribution in [0.25, 0.3) is 0 Å². The molecule has 0 aliphatic carbocycles. The quantitative estimate of drug-likeness (QED) is 0.413. The van der Waals surface area contributed by atoms with Gasteiger partial charge in [0, 0.05) is 11.8 Å². The molecule has 0 unspecified atom stereocenters. The fourth-order valence-electron chi connectivity index (χ4n) is 1.98. The number of hydrogen-bond donors (Lipinski definition) is 2.